The molecule has 1 N–H and O–H groups in total. The number of carbonyl (C=O) groups excluding carboxylic acids is 1. The third-order valence-electron chi connectivity index (χ3n) is 2.43. The normalized spacial score (nSPS) is 12.0. The van der Waals surface area contributed by atoms with Crippen molar-refractivity contribution in [2.75, 3.05) is 13.7 Å². The number of amides is 1. The first kappa shape index (κ1) is 15.2. The van der Waals surface area contributed by atoms with Crippen LogP contribution >= 0.6 is 0 Å². The average molecular weight is 273 g/mol. The second-order valence-corrected chi connectivity index (χ2v) is 3.97. The van der Waals surface area contributed by atoms with Gasteiger partial charge in [0.05, 0.1) is 12.6 Å². The van der Waals surface area contributed by atoms with Crippen LogP contribution in [-0.2, 0) is 16.0 Å². The second-order valence-electron chi connectivity index (χ2n) is 3.97. The van der Waals surface area contributed by atoms with Crippen LogP contribution in [0.3, 0.4) is 0 Å². The molecule has 0 saturated heterocycles. The summed E-state index contributed by atoms with van der Waals surface area (Å²) in [5, 5.41) is 2.31. The van der Waals surface area contributed by atoms with Crippen LogP contribution in [-0.4, -0.2) is 25.7 Å². The van der Waals surface area contributed by atoms with Crippen molar-refractivity contribution in [1.82, 2.24) is 5.32 Å². The molecule has 1 aromatic rings. The molecule has 0 aliphatic carbocycles. The Morgan fingerprint density at radius 2 is 2.16 bits per heavy atom. The van der Waals surface area contributed by atoms with Crippen molar-refractivity contribution in [3.8, 4) is 0 Å². The molecule has 0 spiro atoms. The van der Waals surface area contributed by atoms with Crippen molar-refractivity contribution in [2.45, 2.75) is 12.5 Å². The van der Waals surface area contributed by atoms with E-state index in [1.165, 1.54) is 13.2 Å². The summed E-state index contributed by atoms with van der Waals surface area (Å²) in [4.78, 5) is 11.2. The van der Waals surface area contributed by atoms with Gasteiger partial charge < -0.3 is 10.1 Å². The highest BCUT2D eigenvalue weighted by Gasteiger charge is 2.17. The molecule has 0 radical (unpaired) electrons. The Morgan fingerprint density at radius 1 is 1.47 bits per heavy atom. The van der Waals surface area contributed by atoms with Crippen LogP contribution in [0.5, 0.6) is 0 Å². The molecule has 0 heterocycles. The van der Waals surface area contributed by atoms with Gasteiger partial charge in [-0.15, -0.1) is 0 Å². The van der Waals surface area contributed by atoms with Gasteiger partial charge in [-0.1, -0.05) is 12.6 Å². The number of halogens is 3. The fourth-order valence-electron chi connectivity index (χ4n) is 1.57. The van der Waals surface area contributed by atoms with Crippen LogP contribution in [0.1, 0.15) is 5.56 Å². The van der Waals surface area contributed by atoms with Crippen molar-refractivity contribution in [3.63, 3.8) is 0 Å². The molecule has 104 valence electrons. The Hall–Kier alpha value is -1.82. The minimum atomic E-state index is -1.14. The second kappa shape index (κ2) is 6.94. The topological polar surface area (TPSA) is 38.3 Å². The lowest BCUT2D eigenvalue weighted by atomic mass is 10.1. The van der Waals surface area contributed by atoms with Crippen molar-refractivity contribution >= 4 is 5.91 Å². The van der Waals surface area contributed by atoms with Gasteiger partial charge >= 0.3 is 0 Å². The van der Waals surface area contributed by atoms with Crippen LogP contribution in [0.25, 0.3) is 0 Å². The number of carbonyl (C=O) groups is 1. The highest BCUT2D eigenvalue weighted by Crippen LogP contribution is 2.12. The molecule has 19 heavy (non-hydrogen) atoms. The highest BCUT2D eigenvalue weighted by atomic mass is 19.1. The Labute approximate surface area is 109 Å². The van der Waals surface area contributed by atoms with E-state index in [9.17, 15) is 18.0 Å². The summed E-state index contributed by atoms with van der Waals surface area (Å²) in [6, 6.07) is 2.49. The van der Waals surface area contributed by atoms with Crippen LogP contribution in [0.15, 0.2) is 30.6 Å². The number of rotatable bonds is 6. The molecule has 1 atom stereocenters. The molecule has 1 amide bonds. The van der Waals surface area contributed by atoms with E-state index in [1.54, 1.807) is 0 Å². The maximum atomic E-state index is 13.5. The number of methoxy groups -OCH3 is 1. The molecule has 3 nitrogen and oxygen atoms in total. The van der Waals surface area contributed by atoms with Gasteiger partial charge in [-0.05, 0) is 18.1 Å². The van der Waals surface area contributed by atoms with E-state index >= 15 is 0 Å². The van der Waals surface area contributed by atoms with E-state index in [0.29, 0.717) is 0 Å². The van der Waals surface area contributed by atoms with Gasteiger partial charge in [0.1, 0.15) is 11.6 Å². The van der Waals surface area contributed by atoms with E-state index in [0.717, 1.165) is 12.1 Å². The summed E-state index contributed by atoms with van der Waals surface area (Å²) in [7, 11) is 1.39. The third-order valence-corrected chi connectivity index (χ3v) is 2.43. The summed E-state index contributed by atoms with van der Waals surface area (Å²) >= 11 is 0. The highest BCUT2D eigenvalue weighted by molar-refractivity contribution is 5.90. The van der Waals surface area contributed by atoms with Crippen molar-refractivity contribution in [2.24, 2.45) is 0 Å². The molecule has 1 unspecified atom stereocenters. The molecule has 0 aliphatic rings. The number of benzene rings is 1. The molecule has 1 rings (SSSR count). The molecule has 0 aromatic heterocycles. The Bertz CT molecular complexity index is 477. The standard InChI is InChI=1S/C13H14F3NO2/c1-8(14)13(18)17-11(7-19-2)5-9-3-4-10(15)6-12(9)16/h3-4,6,11H,1,5,7H2,2H3,(H,17,18). The van der Waals surface area contributed by atoms with Crippen molar-refractivity contribution < 1.29 is 22.7 Å². The summed E-state index contributed by atoms with van der Waals surface area (Å²) in [5.41, 5.74) is 0.202. The van der Waals surface area contributed by atoms with E-state index < -0.39 is 29.4 Å². The van der Waals surface area contributed by atoms with Crippen LogP contribution in [0, 0.1) is 11.6 Å². The molecule has 1 aromatic carbocycles. The quantitative estimate of drug-likeness (QED) is 0.806. The first-order chi connectivity index (χ1) is 8.93. The maximum absolute atomic E-state index is 13.5. The molecule has 6 heteroatoms. The largest absolute Gasteiger partial charge is 0.383 e. The summed E-state index contributed by atoms with van der Waals surface area (Å²) in [6.45, 7) is 2.93. The fourth-order valence-corrected chi connectivity index (χ4v) is 1.57. The van der Waals surface area contributed by atoms with Crippen molar-refractivity contribution in [1.29, 1.82) is 0 Å². The lowest BCUT2D eigenvalue weighted by Crippen LogP contribution is -2.39. The molecule has 0 saturated carbocycles. The lowest BCUT2D eigenvalue weighted by molar-refractivity contribution is -0.119. The van der Waals surface area contributed by atoms with Gasteiger partial charge in [-0.3, -0.25) is 4.79 Å². The first-order valence-electron chi connectivity index (χ1n) is 5.52. The zero-order valence-corrected chi connectivity index (χ0v) is 10.4. The minimum absolute atomic E-state index is 0.0545. The molecule has 0 bridgehead atoms. The third kappa shape index (κ3) is 4.75. The van der Waals surface area contributed by atoms with E-state index in [4.69, 9.17) is 4.74 Å². The van der Waals surface area contributed by atoms with Gasteiger partial charge in [0.2, 0.25) is 0 Å². The fraction of sp³-hybridized carbons (Fsp3) is 0.308. The maximum Gasteiger partial charge on any atom is 0.279 e. The van der Waals surface area contributed by atoms with Gasteiger partial charge in [-0.25, -0.2) is 13.2 Å². The van der Waals surface area contributed by atoms with Gasteiger partial charge in [0.25, 0.3) is 5.91 Å². The number of ether oxygens (including phenoxy) is 1. The number of nitrogens with one attached hydrogen (secondary N) is 1. The van der Waals surface area contributed by atoms with Crippen LogP contribution < -0.4 is 5.32 Å². The van der Waals surface area contributed by atoms with E-state index in [-0.39, 0.29) is 18.6 Å². The van der Waals surface area contributed by atoms with Gasteiger partial charge in [0.15, 0.2) is 5.83 Å². The Kier molecular flexibility index (Phi) is 5.57. The SMILES string of the molecule is C=C(F)C(=O)NC(COC)Cc1ccc(F)cc1F. The van der Waals surface area contributed by atoms with Gasteiger partial charge in [-0.2, -0.15) is 0 Å². The predicted molar refractivity (Wildman–Crippen MR) is 64.1 cm³/mol. The van der Waals surface area contributed by atoms with Crippen LogP contribution in [0.4, 0.5) is 13.2 Å². The number of hydrogen-bond acceptors (Lipinski definition) is 2. The monoisotopic (exact) mass is 273 g/mol. The zero-order chi connectivity index (χ0) is 14.4. The van der Waals surface area contributed by atoms with Crippen molar-refractivity contribution in [3.05, 3.63) is 47.8 Å². The molecular formula is C13H14F3NO2. The predicted octanol–water partition coefficient (Wildman–Crippen LogP) is 2.12. The smallest absolute Gasteiger partial charge is 0.279 e. The summed E-state index contributed by atoms with van der Waals surface area (Å²) in [6.07, 6.45) is 0.0545. The van der Waals surface area contributed by atoms with Gasteiger partial charge in [0, 0.05) is 13.2 Å². The Morgan fingerprint density at radius 3 is 2.68 bits per heavy atom. The van der Waals surface area contributed by atoms with Crippen LogP contribution in [0.2, 0.25) is 0 Å². The van der Waals surface area contributed by atoms with E-state index in [2.05, 4.69) is 11.9 Å². The summed E-state index contributed by atoms with van der Waals surface area (Å²) in [5.74, 6) is -3.54. The van der Waals surface area contributed by atoms with E-state index in [1.807, 2.05) is 0 Å². The average Bonchev–Trinajstić information content (AvgIpc) is 2.32. The molecule has 0 fully saturated rings. The molecule has 0 aliphatic heterocycles. The zero-order valence-electron chi connectivity index (χ0n) is 10.4. The minimum Gasteiger partial charge on any atom is -0.383 e. The first-order valence-corrected chi connectivity index (χ1v) is 5.52. The lowest BCUT2D eigenvalue weighted by Gasteiger charge is -2.17. The summed E-state index contributed by atoms with van der Waals surface area (Å²) < 4.78 is 43.7. The Balaban J connectivity index is 2.77. The molecular weight excluding hydrogens is 259 g/mol. The number of hydrogen-bond donors (Lipinski definition) is 1.